The predicted molar refractivity (Wildman–Crippen MR) is 48.5 cm³/mol. The van der Waals surface area contributed by atoms with E-state index in [1.54, 1.807) is 13.1 Å². The van der Waals surface area contributed by atoms with E-state index < -0.39 is 5.91 Å². The van der Waals surface area contributed by atoms with Crippen molar-refractivity contribution in [1.29, 1.82) is 0 Å². The van der Waals surface area contributed by atoms with Gasteiger partial charge in [0.05, 0.1) is 5.69 Å². The van der Waals surface area contributed by atoms with Gasteiger partial charge in [-0.2, -0.15) is 0 Å². The van der Waals surface area contributed by atoms with Gasteiger partial charge in [0.2, 0.25) is 5.91 Å². The summed E-state index contributed by atoms with van der Waals surface area (Å²) in [5, 5.41) is 21.0. The number of aromatic nitrogens is 1. The molecule has 0 fully saturated rings. The minimum Gasteiger partial charge on any atom is -0.353 e. The van der Waals surface area contributed by atoms with Crippen molar-refractivity contribution >= 4 is 0 Å². The van der Waals surface area contributed by atoms with E-state index in [0.29, 0.717) is 6.54 Å². The van der Waals surface area contributed by atoms with Crippen molar-refractivity contribution in [3.8, 4) is 0 Å². The summed E-state index contributed by atoms with van der Waals surface area (Å²) in [4.78, 5) is 4.03. The molecular weight excluding hydrogens is 168 g/mol. The fraction of sp³-hybridized carbons (Fsp3) is 0.444. The van der Waals surface area contributed by atoms with Crippen LogP contribution in [0.5, 0.6) is 0 Å². The second kappa shape index (κ2) is 4.32. The van der Waals surface area contributed by atoms with Gasteiger partial charge < -0.3 is 10.2 Å². The first-order valence-electron chi connectivity index (χ1n) is 4.24. The lowest BCUT2D eigenvalue weighted by molar-refractivity contribution is -0.188. The summed E-state index contributed by atoms with van der Waals surface area (Å²) in [6.45, 7) is 2.03. The van der Waals surface area contributed by atoms with Crippen LogP contribution >= 0.6 is 0 Å². The highest BCUT2D eigenvalue weighted by atomic mass is 16.5. The zero-order valence-electron chi connectivity index (χ0n) is 7.57. The standard InChI is InChI=1S/C9H14N2O2/c1-2-9(12,13)11-7-8-5-3-4-6-10-8/h3-6,11-13H,2,7H2,1H3. The quantitative estimate of drug-likeness (QED) is 0.583. The molecule has 72 valence electrons. The van der Waals surface area contributed by atoms with Gasteiger partial charge in [0, 0.05) is 19.2 Å². The van der Waals surface area contributed by atoms with Gasteiger partial charge in [-0.25, -0.2) is 0 Å². The van der Waals surface area contributed by atoms with Crippen LogP contribution in [-0.4, -0.2) is 21.1 Å². The van der Waals surface area contributed by atoms with Crippen LogP contribution in [0.4, 0.5) is 0 Å². The predicted octanol–water partition coefficient (Wildman–Crippen LogP) is 0.220. The molecule has 0 spiro atoms. The Kier molecular flexibility index (Phi) is 3.36. The maximum Gasteiger partial charge on any atom is 0.222 e. The zero-order valence-corrected chi connectivity index (χ0v) is 7.57. The van der Waals surface area contributed by atoms with E-state index in [1.807, 2.05) is 18.2 Å². The molecule has 0 amide bonds. The molecule has 0 unspecified atom stereocenters. The number of pyridine rings is 1. The molecule has 0 saturated heterocycles. The number of nitrogens with one attached hydrogen (secondary N) is 1. The van der Waals surface area contributed by atoms with Crippen molar-refractivity contribution in [2.75, 3.05) is 0 Å². The van der Waals surface area contributed by atoms with Gasteiger partial charge in [0.25, 0.3) is 0 Å². The van der Waals surface area contributed by atoms with Gasteiger partial charge in [0.15, 0.2) is 0 Å². The van der Waals surface area contributed by atoms with E-state index in [9.17, 15) is 10.2 Å². The smallest absolute Gasteiger partial charge is 0.222 e. The van der Waals surface area contributed by atoms with Crippen molar-refractivity contribution in [1.82, 2.24) is 10.3 Å². The monoisotopic (exact) mass is 182 g/mol. The summed E-state index contributed by atoms with van der Waals surface area (Å²) in [6, 6.07) is 5.49. The van der Waals surface area contributed by atoms with Crippen molar-refractivity contribution in [3.05, 3.63) is 30.1 Å². The van der Waals surface area contributed by atoms with Crippen LogP contribution in [-0.2, 0) is 6.54 Å². The highest BCUT2D eigenvalue weighted by Gasteiger charge is 2.18. The van der Waals surface area contributed by atoms with E-state index in [2.05, 4.69) is 10.3 Å². The highest BCUT2D eigenvalue weighted by molar-refractivity contribution is 5.03. The Labute approximate surface area is 77.2 Å². The van der Waals surface area contributed by atoms with Crippen LogP contribution < -0.4 is 5.32 Å². The van der Waals surface area contributed by atoms with E-state index in [1.165, 1.54) is 0 Å². The summed E-state index contributed by atoms with van der Waals surface area (Å²) in [5.74, 6) is -1.79. The third kappa shape index (κ3) is 3.50. The first-order valence-corrected chi connectivity index (χ1v) is 4.24. The molecule has 1 heterocycles. The summed E-state index contributed by atoms with van der Waals surface area (Å²) < 4.78 is 0. The molecule has 1 rings (SSSR count). The first kappa shape index (κ1) is 10.1. The lowest BCUT2D eigenvalue weighted by Crippen LogP contribution is -2.43. The van der Waals surface area contributed by atoms with E-state index in [0.717, 1.165) is 5.69 Å². The van der Waals surface area contributed by atoms with Crippen molar-refractivity contribution in [2.45, 2.75) is 25.8 Å². The molecule has 1 aromatic rings. The Morgan fingerprint density at radius 1 is 1.46 bits per heavy atom. The Morgan fingerprint density at radius 2 is 2.23 bits per heavy atom. The van der Waals surface area contributed by atoms with Crippen molar-refractivity contribution < 1.29 is 10.2 Å². The molecule has 0 radical (unpaired) electrons. The summed E-state index contributed by atoms with van der Waals surface area (Å²) in [5.41, 5.74) is 0.781. The van der Waals surface area contributed by atoms with Crippen LogP contribution in [0.3, 0.4) is 0 Å². The lowest BCUT2D eigenvalue weighted by Gasteiger charge is -2.20. The molecule has 0 aliphatic heterocycles. The second-order valence-corrected chi connectivity index (χ2v) is 2.84. The molecule has 1 aromatic heterocycles. The molecular formula is C9H14N2O2. The van der Waals surface area contributed by atoms with Crippen molar-refractivity contribution in [3.63, 3.8) is 0 Å². The third-order valence-electron chi connectivity index (χ3n) is 1.77. The molecule has 13 heavy (non-hydrogen) atoms. The maximum atomic E-state index is 9.20. The van der Waals surface area contributed by atoms with Crippen LogP contribution in [0.2, 0.25) is 0 Å². The van der Waals surface area contributed by atoms with Crippen LogP contribution in [0.25, 0.3) is 0 Å². The van der Waals surface area contributed by atoms with Gasteiger partial charge in [0.1, 0.15) is 0 Å². The van der Waals surface area contributed by atoms with Gasteiger partial charge in [-0.3, -0.25) is 10.3 Å². The fourth-order valence-corrected chi connectivity index (χ4v) is 0.860. The molecule has 4 nitrogen and oxygen atoms in total. The molecule has 0 bridgehead atoms. The number of nitrogens with zero attached hydrogens (tertiary/aromatic N) is 1. The van der Waals surface area contributed by atoms with Crippen LogP contribution in [0.1, 0.15) is 19.0 Å². The van der Waals surface area contributed by atoms with E-state index >= 15 is 0 Å². The van der Waals surface area contributed by atoms with Crippen molar-refractivity contribution in [2.24, 2.45) is 0 Å². The molecule has 0 aromatic carbocycles. The topological polar surface area (TPSA) is 65.4 Å². The van der Waals surface area contributed by atoms with Gasteiger partial charge in [-0.05, 0) is 12.1 Å². The average Bonchev–Trinajstić information content (AvgIpc) is 2.17. The molecule has 0 atom stereocenters. The molecule has 4 heteroatoms. The van der Waals surface area contributed by atoms with Gasteiger partial charge in [-0.1, -0.05) is 13.0 Å². The average molecular weight is 182 g/mol. The van der Waals surface area contributed by atoms with E-state index in [-0.39, 0.29) is 6.42 Å². The molecule has 0 saturated carbocycles. The zero-order chi connectivity index (χ0) is 9.73. The molecule has 3 N–H and O–H groups in total. The van der Waals surface area contributed by atoms with Crippen LogP contribution in [0, 0.1) is 0 Å². The lowest BCUT2D eigenvalue weighted by atomic mass is 10.3. The fourth-order valence-electron chi connectivity index (χ4n) is 0.860. The minimum absolute atomic E-state index is 0.236. The van der Waals surface area contributed by atoms with Gasteiger partial charge >= 0.3 is 0 Å². The third-order valence-corrected chi connectivity index (χ3v) is 1.77. The summed E-state index contributed by atoms with van der Waals surface area (Å²) >= 11 is 0. The Bertz CT molecular complexity index is 249. The first-order chi connectivity index (χ1) is 6.14. The largest absolute Gasteiger partial charge is 0.353 e. The number of hydrogen-bond donors (Lipinski definition) is 3. The number of hydrogen-bond acceptors (Lipinski definition) is 4. The second-order valence-electron chi connectivity index (χ2n) is 2.84. The van der Waals surface area contributed by atoms with E-state index in [4.69, 9.17) is 0 Å². The van der Waals surface area contributed by atoms with Gasteiger partial charge in [-0.15, -0.1) is 0 Å². The summed E-state index contributed by atoms with van der Waals surface area (Å²) in [6.07, 6.45) is 1.90. The molecule has 0 aliphatic carbocycles. The minimum atomic E-state index is -1.79. The Morgan fingerprint density at radius 3 is 2.77 bits per heavy atom. The number of rotatable bonds is 4. The summed E-state index contributed by atoms with van der Waals surface area (Å²) in [7, 11) is 0. The van der Waals surface area contributed by atoms with Crippen LogP contribution in [0.15, 0.2) is 24.4 Å². The SMILES string of the molecule is CCC(O)(O)NCc1ccccn1. The highest BCUT2D eigenvalue weighted by Crippen LogP contribution is 2.01. The normalized spacial score (nSPS) is 11.6. The number of aliphatic hydroxyl groups is 2. The maximum absolute atomic E-state index is 9.20. The Balaban J connectivity index is 2.44. The molecule has 0 aliphatic rings. The Hall–Kier alpha value is -0.970.